The third-order valence-electron chi connectivity index (χ3n) is 3.97. The first-order valence-corrected chi connectivity index (χ1v) is 7.21. The third-order valence-corrected chi connectivity index (χ3v) is 3.97. The molecular formula is C18H17NO3. The van der Waals surface area contributed by atoms with Crippen molar-refractivity contribution in [2.45, 2.75) is 25.6 Å². The fraction of sp³-hybridized carbons (Fsp3) is 0.222. The standard InChI is InChI=1S/C18H17NO3/c1-14(20)18(22-13-15-7-3-2-4-8-15)11-5-9-16-10-6-12-19(21)17(16)18/h2-10,12H,11,13H2,1H3. The van der Waals surface area contributed by atoms with Crippen molar-refractivity contribution in [1.82, 2.24) is 0 Å². The molecule has 2 aromatic rings. The van der Waals surface area contributed by atoms with E-state index in [-0.39, 0.29) is 12.4 Å². The van der Waals surface area contributed by atoms with Crippen LogP contribution in [-0.2, 0) is 21.7 Å². The van der Waals surface area contributed by atoms with Crippen LogP contribution in [0.15, 0.2) is 54.7 Å². The van der Waals surface area contributed by atoms with Gasteiger partial charge in [-0.2, -0.15) is 4.73 Å². The van der Waals surface area contributed by atoms with Gasteiger partial charge in [0.1, 0.15) is 0 Å². The number of nitrogens with zero attached hydrogens (tertiary/aromatic N) is 1. The molecule has 1 aliphatic carbocycles. The summed E-state index contributed by atoms with van der Waals surface area (Å²) in [6.07, 6.45) is 5.52. The lowest BCUT2D eigenvalue weighted by Gasteiger charge is -2.31. The molecule has 112 valence electrons. The van der Waals surface area contributed by atoms with Gasteiger partial charge in [-0.1, -0.05) is 42.5 Å². The lowest BCUT2D eigenvalue weighted by molar-refractivity contribution is -0.622. The maximum absolute atomic E-state index is 12.3. The van der Waals surface area contributed by atoms with Gasteiger partial charge in [0, 0.05) is 18.1 Å². The Morgan fingerprint density at radius 3 is 2.77 bits per heavy atom. The first kappa shape index (κ1) is 14.5. The molecule has 3 rings (SSSR count). The Hall–Kier alpha value is -2.46. The third kappa shape index (κ3) is 2.42. The van der Waals surface area contributed by atoms with E-state index in [1.807, 2.05) is 48.6 Å². The number of Topliss-reactive ketones (excluding diaryl/α,β-unsaturated/α-hetero) is 1. The highest BCUT2D eigenvalue weighted by Crippen LogP contribution is 2.36. The van der Waals surface area contributed by atoms with Gasteiger partial charge in [0.25, 0.3) is 0 Å². The fourth-order valence-corrected chi connectivity index (χ4v) is 2.82. The molecule has 1 unspecified atom stereocenters. The maximum Gasteiger partial charge on any atom is 0.240 e. The van der Waals surface area contributed by atoms with Crippen molar-refractivity contribution >= 4 is 11.9 Å². The van der Waals surface area contributed by atoms with Crippen LogP contribution in [0.1, 0.15) is 30.2 Å². The summed E-state index contributed by atoms with van der Waals surface area (Å²) in [5.41, 5.74) is 0.851. The van der Waals surface area contributed by atoms with Crippen LogP contribution in [0.25, 0.3) is 6.08 Å². The van der Waals surface area contributed by atoms with E-state index in [0.717, 1.165) is 15.9 Å². The summed E-state index contributed by atoms with van der Waals surface area (Å²) in [6, 6.07) is 13.1. The van der Waals surface area contributed by atoms with E-state index in [4.69, 9.17) is 4.74 Å². The average Bonchev–Trinajstić information content (AvgIpc) is 2.54. The molecule has 4 nitrogen and oxygen atoms in total. The predicted octanol–water partition coefficient (Wildman–Crippen LogP) is 2.74. The van der Waals surface area contributed by atoms with Crippen LogP contribution in [0.5, 0.6) is 0 Å². The summed E-state index contributed by atoms with van der Waals surface area (Å²) in [4.78, 5) is 12.3. The SMILES string of the molecule is CC(=O)C1(OCc2ccccc2)CC=Cc2ccc[n+]([O-])c21. The van der Waals surface area contributed by atoms with Gasteiger partial charge in [0.15, 0.2) is 12.0 Å². The van der Waals surface area contributed by atoms with Crippen LogP contribution < -0.4 is 4.73 Å². The molecule has 1 aliphatic rings. The van der Waals surface area contributed by atoms with Gasteiger partial charge in [-0.3, -0.25) is 4.79 Å². The largest absolute Gasteiger partial charge is 0.618 e. The predicted molar refractivity (Wildman–Crippen MR) is 82.6 cm³/mol. The average molecular weight is 295 g/mol. The highest BCUT2D eigenvalue weighted by atomic mass is 16.5. The minimum Gasteiger partial charge on any atom is -0.618 e. The zero-order valence-corrected chi connectivity index (χ0v) is 12.4. The number of rotatable bonds is 4. The van der Waals surface area contributed by atoms with Gasteiger partial charge < -0.3 is 9.94 Å². The zero-order chi connectivity index (χ0) is 15.6. The number of ether oxygens (including phenoxy) is 1. The summed E-state index contributed by atoms with van der Waals surface area (Å²) < 4.78 is 6.75. The minimum atomic E-state index is -1.22. The van der Waals surface area contributed by atoms with E-state index < -0.39 is 5.60 Å². The zero-order valence-electron chi connectivity index (χ0n) is 12.4. The van der Waals surface area contributed by atoms with Crippen molar-refractivity contribution in [2.24, 2.45) is 0 Å². The fourth-order valence-electron chi connectivity index (χ4n) is 2.82. The monoisotopic (exact) mass is 295 g/mol. The van der Waals surface area contributed by atoms with Crippen LogP contribution in [0.4, 0.5) is 0 Å². The molecule has 0 aliphatic heterocycles. The number of benzene rings is 1. The van der Waals surface area contributed by atoms with E-state index in [0.29, 0.717) is 12.1 Å². The Balaban J connectivity index is 2.00. The van der Waals surface area contributed by atoms with E-state index in [9.17, 15) is 10.0 Å². The van der Waals surface area contributed by atoms with Crippen molar-refractivity contribution in [1.29, 1.82) is 0 Å². The molecule has 0 saturated carbocycles. The second-order valence-electron chi connectivity index (χ2n) is 5.40. The minimum absolute atomic E-state index is 0.162. The van der Waals surface area contributed by atoms with Crippen molar-refractivity contribution in [3.63, 3.8) is 0 Å². The van der Waals surface area contributed by atoms with Crippen molar-refractivity contribution in [3.8, 4) is 0 Å². The highest BCUT2D eigenvalue weighted by Gasteiger charge is 2.47. The molecule has 1 atom stereocenters. The van der Waals surface area contributed by atoms with Gasteiger partial charge in [0.05, 0.1) is 6.61 Å². The Bertz CT molecular complexity index is 724. The number of pyridine rings is 1. The van der Waals surface area contributed by atoms with Gasteiger partial charge in [0.2, 0.25) is 11.3 Å². The molecule has 0 amide bonds. The van der Waals surface area contributed by atoms with Crippen molar-refractivity contribution in [3.05, 3.63) is 76.8 Å². The van der Waals surface area contributed by atoms with E-state index >= 15 is 0 Å². The smallest absolute Gasteiger partial charge is 0.240 e. The van der Waals surface area contributed by atoms with Crippen LogP contribution in [-0.4, -0.2) is 5.78 Å². The lowest BCUT2D eigenvalue weighted by Crippen LogP contribution is -2.49. The van der Waals surface area contributed by atoms with Crippen molar-refractivity contribution in [2.75, 3.05) is 0 Å². The van der Waals surface area contributed by atoms with Crippen molar-refractivity contribution < 1.29 is 14.3 Å². The molecule has 4 heteroatoms. The van der Waals surface area contributed by atoms with Gasteiger partial charge in [-0.15, -0.1) is 0 Å². The maximum atomic E-state index is 12.3. The Kier molecular flexibility index (Phi) is 3.77. The van der Waals surface area contributed by atoms with Gasteiger partial charge >= 0.3 is 0 Å². The van der Waals surface area contributed by atoms with Gasteiger partial charge in [-0.05, 0) is 18.6 Å². The second kappa shape index (κ2) is 5.73. The van der Waals surface area contributed by atoms with Crippen LogP contribution >= 0.6 is 0 Å². The summed E-state index contributed by atoms with van der Waals surface area (Å²) in [7, 11) is 0. The number of aromatic nitrogens is 1. The number of carbonyl (C=O) groups is 1. The summed E-state index contributed by atoms with van der Waals surface area (Å²) in [5.74, 6) is -0.162. The summed E-state index contributed by atoms with van der Waals surface area (Å²) >= 11 is 0. The molecule has 0 radical (unpaired) electrons. The Morgan fingerprint density at radius 1 is 1.27 bits per heavy atom. The highest BCUT2D eigenvalue weighted by molar-refractivity contribution is 5.88. The number of carbonyl (C=O) groups excluding carboxylic acids is 1. The molecular weight excluding hydrogens is 278 g/mol. The molecule has 0 saturated heterocycles. The van der Waals surface area contributed by atoms with Crippen LogP contribution in [0.2, 0.25) is 0 Å². The Morgan fingerprint density at radius 2 is 2.05 bits per heavy atom. The molecule has 0 N–H and O–H groups in total. The molecule has 1 aromatic carbocycles. The summed E-state index contributed by atoms with van der Waals surface area (Å²) in [6.45, 7) is 1.75. The van der Waals surface area contributed by atoms with E-state index in [1.165, 1.54) is 13.1 Å². The number of hydrogen-bond acceptors (Lipinski definition) is 3. The lowest BCUT2D eigenvalue weighted by atomic mass is 9.83. The molecule has 0 bridgehead atoms. The molecule has 1 aromatic heterocycles. The number of ketones is 1. The quantitative estimate of drug-likeness (QED) is 0.644. The topological polar surface area (TPSA) is 53.2 Å². The van der Waals surface area contributed by atoms with Crippen LogP contribution in [0.3, 0.4) is 0 Å². The second-order valence-corrected chi connectivity index (χ2v) is 5.40. The Labute approximate surface area is 129 Å². The number of fused-ring (bicyclic) bond motifs is 1. The number of hydrogen-bond donors (Lipinski definition) is 0. The summed E-state index contributed by atoms with van der Waals surface area (Å²) in [5, 5.41) is 12.2. The van der Waals surface area contributed by atoms with Gasteiger partial charge in [-0.25, -0.2) is 0 Å². The molecule has 0 spiro atoms. The molecule has 0 fully saturated rings. The molecule has 1 heterocycles. The van der Waals surface area contributed by atoms with Crippen LogP contribution in [0, 0.1) is 5.21 Å². The first-order chi connectivity index (χ1) is 10.6. The first-order valence-electron chi connectivity index (χ1n) is 7.21. The van der Waals surface area contributed by atoms with E-state index in [2.05, 4.69) is 0 Å². The normalized spacial score (nSPS) is 19.7. The van der Waals surface area contributed by atoms with E-state index in [1.54, 1.807) is 6.07 Å². The molecule has 22 heavy (non-hydrogen) atoms.